The SMILES string of the molecule is COc1cc(CNCCC(C)C)c(SC)cc1OC. The predicted molar refractivity (Wildman–Crippen MR) is 82.5 cm³/mol. The van der Waals surface area contributed by atoms with Crippen molar-refractivity contribution in [2.45, 2.75) is 31.7 Å². The van der Waals surface area contributed by atoms with Gasteiger partial charge in [-0.15, -0.1) is 11.8 Å². The highest BCUT2D eigenvalue weighted by molar-refractivity contribution is 7.98. The number of thioether (sulfide) groups is 1. The van der Waals surface area contributed by atoms with Gasteiger partial charge in [-0.25, -0.2) is 0 Å². The van der Waals surface area contributed by atoms with Crippen LogP contribution in [0.15, 0.2) is 17.0 Å². The van der Waals surface area contributed by atoms with Gasteiger partial charge in [0.15, 0.2) is 11.5 Å². The van der Waals surface area contributed by atoms with E-state index in [-0.39, 0.29) is 0 Å². The number of nitrogens with one attached hydrogen (secondary N) is 1. The first-order valence-corrected chi connectivity index (χ1v) is 7.84. The standard InChI is InChI=1S/C15H25NO2S/c1-11(2)6-7-16-10-12-8-13(17-3)14(18-4)9-15(12)19-5/h8-9,11,16H,6-7,10H2,1-5H3. The molecule has 0 aliphatic carbocycles. The fourth-order valence-electron chi connectivity index (χ4n) is 1.84. The molecule has 0 fully saturated rings. The van der Waals surface area contributed by atoms with E-state index in [0.717, 1.165) is 30.5 Å². The predicted octanol–water partition coefficient (Wildman–Crippen LogP) is 3.56. The van der Waals surface area contributed by atoms with Crippen LogP contribution in [0.25, 0.3) is 0 Å². The zero-order chi connectivity index (χ0) is 14.3. The van der Waals surface area contributed by atoms with Crippen molar-refractivity contribution in [2.75, 3.05) is 27.0 Å². The molecule has 1 rings (SSSR count). The van der Waals surface area contributed by atoms with Crippen molar-refractivity contribution in [1.29, 1.82) is 0 Å². The number of benzene rings is 1. The summed E-state index contributed by atoms with van der Waals surface area (Å²) in [5.74, 6) is 2.32. The zero-order valence-corrected chi connectivity index (χ0v) is 13.4. The van der Waals surface area contributed by atoms with E-state index < -0.39 is 0 Å². The van der Waals surface area contributed by atoms with Crippen molar-refractivity contribution >= 4 is 11.8 Å². The van der Waals surface area contributed by atoms with E-state index in [0.29, 0.717) is 0 Å². The third-order valence-electron chi connectivity index (χ3n) is 3.00. The van der Waals surface area contributed by atoms with Gasteiger partial charge in [0.25, 0.3) is 0 Å². The van der Waals surface area contributed by atoms with Crippen molar-refractivity contribution in [3.05, 3.63) is 17.7 Å². The van der Waals surface area contributed by atoms with Crippen molar-refractivity contribution in [2.24, 2.45) is 5.92 Å². The highest BCUT2D eigenvalue weighted by atomic mass is 32.2. The first kappa shape index (κ1) is 16.2. The molecule has 0 saturated carbocycles. The first-order valence-electron chi connectivity index (χ1n) is 6.62. The van der Waals surface area contributed by atoms with E-state index in [1.807, 2.05) is 6.07 Å². The molecule has 1 aromatic rings. The molecule has 0 aliphatic rings. The summed E-state index contributed by atoms with van der Waals surface area (Å²) in [4.78, 5) is 1.23. The normalized spacial score (nSPS) is 10.8. The highest BCUT2D eigenvalue weighted by Crippen LogP contribution is 2.34. The summed E-state index contributed by atoms with van der Waals surface area (Å²) in [5, 5.41) is 3.49. The molecule has 0 atom stereocenters. The lowest BCUT2D eigenvalue weighted by atomic mass is 10.1. The second kappa shape index (κ2) is 8.33. The van der Waals surface area contributed by atoms with Crippen LogP contribution in [0.3, 0.4) is 0 Å². The third-order valence-corrected chi connectivity index (χ3v) is 3.82. The number of rotatable bonds is 8. The summed E-state index contributed by atoms with van der Waals surface area (Å²) in [6, 6.07) is 4.11. The van der Waals surface area contributed by atoms with E-state index in [1.165, 1.54) is 16.9 Å². The maximum atomic E-state index is 5.36. The van der Waals surface area contributed by atoms with Crippen LogP contribution in [0, 0.1) is 5.92 Å². The van der Waals surface area contributed by atoms with Crippen molar-refractivity contribution in [1.82, 2.24) is 5.32 Å². The monoisotopic (exact) mass is 283 g/mol. The highest BCUT2D eigenvalue weighted by Gasteiger charge is 2.10. The minimum Gasteiger partial charge on any atom is -0.493 e. The molecule has 1 N–H and O–H groups in total. The van der Waals surface area contributed by atoms with Gasteiger partial charge >= 0.3 is 0 Å². The van der Waals surface area contributed by atoms with E-state index in [9.17, 15) is 0 Å². The Hall–Kier alpha value is -0.870. The molecule has 4 heteroatoms. The minimum absolute atomic E-state index is 0.734. The Balaban J connectivity index is 2.75. The Morgan fingerprint density at radius 3 is 2.32 bits per heavy atom. The molecule has 0 bridgehead atoms. The van der Waals surface area contributed by atoms with Gasteiger partial charge in [0.05, 0.1) is 14.2 Å². The van der Waals surface area contributed by atoms with Crippen molar-refractivity contribution in [3.63, 3.8) is 0 Å². The van der Waals surface area contributed by atoms with Gasteiger partial charge in [0, 0.05) is 11.4 Å². The molecule has 0 aromatic heterocycles. The molecular weight excluding hydrogens is 258 g/mol. The van der Waals surface area contributed by atoms with E-state index in [1.54, 1.807) is 26.0 Å². The molecule has 0 aliphatic heterocycles. The van der Waals surface area contributed by atoms with E-state index in [4.69, 9.17) is 9.47 Å². The molecule has 0 spiro atoms. The average molecular weight is 283 g/mol. The largest absolute Gasteiger partial charge is 0.493 e. The summed E-state index contributed by atoms with van der Waals surface area (Å²) < 4.78 is 10.7. The number of hydrogen-bond acceptors (Lipinski definition) is 4. The van der Waals surface area contributed by atoms with Gasteiger partial charge in [0.1, 0.15) is 0 Å². The molecule has 0 radical (unpaired) electrons. The fraction of sp³-hybridized carbons (Fsp3) is 0.600. The third kappa shape index (κ3) is 4.96. The second-order valence-corrected chi connectivity index (χ2v) is 5.73. The number of methoxy groups -OCH3 is 2. The van der Waals surface area contributed by atoms with E-state index >= 15 is 0 Å². The van der Waals surface area contributed by atoms with Crippen LogP contribution in [-0.2, 0) is 6.54 Å². The minimum atomic E-state index is 0.734. The Labute approximate surface area is 121 Å². The Morgan fingerprint density at radius 2 is 1.79 bits per heavy atom. The van der Waals surface area contributed by atoms with Crippen LogP contribution < -0.4 is 14.8 Å². The van der Waals surface area contributed by atoms with Crippen LogP contribution in [0.1, 0.15) is 25.8 Å². The summed E-state index contributed by atoms with van der Waals surface area (Å²) in [7, 11) is 3.34. The van der Waals surface area contributed by atoms with Crippen LogP contribution in [0.5, 0.6) is 11.5 Å². The smallest absolute Gasteiger partial charge is 0.161 e. The maximum absolute atomic E-state index is 5.36. The lowest BCUT2D eigenvalue weighted by Gasteiger charge is -2.14. The Morgan fingerprint density at radius 1 is 1.16 bits per heavy atom. The van der Waals surface area contributed by atoms with Crippen molar-refractivity contribution in [3.8, 4) is 11.5 Å². The molecule has 108 valence electrons. The molecule has 0 heterocycles. The van der Waals surface area contributed by atoms with Crippen LogP contribution in [0.4, 0.5) is 0 Å². The average Bonchev–Trinajstić information content (AvgIpc) is 2.42. The lowest BCUT2D eigenvalue weighted by molar-refractivity contribution is 0.353. The summed E-state index contributed by atoms with van der Waals surface area (Å²) in [6.45, 7) is 6.39. The Kier molecular flexibility index (Phi) is 7.10. The lowest BCUT2D eigenvalue weighted by Crippen LogP contribution is -2.16. The van der Waals surface area contributed by atoms with Gasteiger partial charge in [-0.05, 0) is 42.8 Å². The fourth-order valence-corrected chi connectivity index (χ4v) is 2.46. The summed E-state index contributed by atoms with van der Waals surface area (Å²) in [5.41, 5.74) is 1.26. The summed E-state index contributed by atoms with van der Waals surface area (Å²) >= 11 is 1.73. The molecule has 0 unspecified atom stereocenters. The first-order chi connectivity index (χ1) is 9.12. The quantitative estimate of drug-likeness (QED) is 0.584. The second-order valence-electron chi connectivity index (χ2n) is 4.88. The van der Waals surface area contributed by atoms with Gasteiger partial charge in [-0.2, -0.15) is 0 Å². The topological polar surface area (TPSA) is 30.5 Å². The van der Waals surface area contributed by atoms with Crippen LogP contribution >= 0.6 is 11.8 Å². The maximum Gasteiger partial charge on any atom is 0.161 e. The molecule has 1 aromatic carbocycles. The van der Waals surface area contributed by atoms with Crippen LogP contribution in [-0.4, -0.2) is 27.0 Å². The molecular formula is C15H25NO2S. The summed E-state index contributed by atoms with van der Waals surface area (Å²) in [6.07, 6.45) is 3.28. The molecule has 0 saturated heterocycles. The van der Waals surface area contributed by atoms with Gasteiger partial charge in [0.2, 0.25) is 0 Å². The number of hydrogen-bond donors (Lipinski definition) is 1. The zero-order valence-electron chi connectivity index (χ0n) is 12.6. The van der Waals surface area contributed by atoms with E-state index in [2.05, 4.69) is 31.5 Å². The van der Waals surface area contributed by atoms with Gasteiger partial charge < -0.3 is 14.8 Å². The van der Waals surface area contributed by atoms with Crippen molar-refractivity contribution < 1.29 is 9.47 Å². The number of ether oxygens (including phenoxy) is 2. The molecule has 0 amide bonds. The molecule has 3 nitrogen and oxygen atoms in total. The van der Waals surface area contributed by atoms with Gasteiger partial charge in [-0.3, -0.25) is 0 Å². The Bertz CT molecular complexity index is 394. The molecule has 19 heavy (non-hydrogen) atoms. The van der Waals surface area contributed by atoms with Crippen LogP contribution in [0.2, 0.25) is 0 Å². The van der Waals surface area contributed by atoms with Gasteiger partial charge in [-0.1, -0.05) is 13.8 Å².